The fourth-order valence-electron chi connectivity index (χ4n) is 5.26. The van der Waals surface area contributed by atoms with E-state index in [0.717, 1.165) is 49.7 Å². The summed E-state index contributed by atoms with van der Waals surface area (Å²) in [5, 5.41) is 0. The highest BCUT2D eigenvalue weighted by Gasteiger charge is 2.27. The maximum absolute atomic E-state index is 15.0. The molecule has 0 radical (unpaired) electrons. The third-order valence-electron chi connectivity index (χ3n) is 7.29. The van der Waals surface area contributed by atoms with Crippen LogP contribution < -0.4 is 0 Å². The third-order valence-corrected chi connectivity index (χ3v) is 7.29. The van der Waals surface area contributed by atoms with E-state index in [1.54, 1.807) is 36.4 Å². The fourth-order valence-corrected chi connectivity index (χ4v) is 5.26. The summed E-state index contributed by atoms with van der Waals surface area (Å²) in [5.74, 6) is -1.09. The standard InChI is InChI=1S/C30H33F3O/c1-3-20-7-12-23(13-8-20)25-16-17-26(30(33)29(25)32)24-14-9-21(10-15-24)5-6-22-11-18-28(34-4-2)27(31)19-22/h3,7-8,11-13,16-17,19,21,24,28H,1,4-6,9-10,14-15,18H2,2H3. The summed E-state index contributed by atoms with van der Waals surface area (Å²) in [6, 6.07) is 10.7. The Morgan fingerprint density at radius 2 is 1.71 bits per heavy atom. The molecule has 2 aliphatic carbocycles. The molecule has 1 nitrogen and oxygen atoms in total. The molecule has 0 heterocycles. The van der Waals surface area contributed by atoms with Gasteiger partial charge >= 0.3 is 0 Å². The van der Waals surface area contributed by atoms with Crippen LogP contribution in [0.3, 0.4) is 0 Å². The Labute approximate surface area is 201 Å². The number of hydrogen-bond acceptors (Lipinski definition) is 1. The van der Waals surface area contributed by atoms with E-state index >= 15 is 4.39 Å². The van der Waals surface area contributed by atoms with Gasteiger partial charge < -0.3 is 4.74 Å². The summed E-state index contributed by atoms with van der Waals surface area (Å²) in [4.78, 5) is 0. The van der Waals surface area contributed by atoms with Crippen molar-refractivity contribution in [1.82, 2.24) is 0 Å². The monoisotopic (exact) mass is 466 g/mol. The molecule has 1 fully saturated rings. The molecule has 2 aromatic rings. The average Bonchev–Trinajstić information content (AvgIpc) is 2.86. The van der Waals surface area contributed by atoms with E-state index in [2.05, 4.69) is 12.7 Å². The molecule has 4 heteroatoms. The van der Waals surface area contributed by atoms with Gasteiger partial charge in [-0.25, -0.2) is 13.2 Å². The van der Waals surface area contributed by atoms with Crippen molar-refractivity contribution in [3.63, 3.8) is 0 Å². The first-order valence-corrected chi connectivity index (χ1v) is 12.4. The molecule has 2 aromatic carbocycles. The zero-order valence-electron chi connectivity index (χ0n) is 19.8. The third kappa shape index (κ3) is 5.55. The molecule has 34 heavy (non-hydrogen) atoms. The van der Waals surface area contributed by atoms with Gasteiger partial charge in [0.05, 0.1) is 0 Å². The van der Waals surface area contributed by atoms with Crippen LogP contribution >= 0.6 is 0 Å². The van der Waals surface area contributed by atoms with Crippen LogP contribution in [0.4, 0.5) is 13.2 Å². The average molecular weight is 467 g/mol. The summed E-state index contributed by atoms with van der Waals surface area (Å²) in [5.41, 5.74) is 3.42. The van der Waals surface area contributed by atoms with Crippen molar-refractivity contribution >= 4 is 6.08 Å². The summed E-state index contributed by atoms with van der Waals surface area (Å²) in [6.07, 6.45) is 11.1. The molecule has 0 aromatic heterocycles. The van der Waals surface area contributed by atoms with Crippen molar-refractivity contribution < 1.29 is 17.9 Å². The topological polar surface area (TPSA) is 9.23 Å². The van der Waals surface area contributed by atoms with E-state index < -0.39 is 17.7 Å². The lowest BCUT2D eigenvalue weighted by Crippen LogP contribution is -2.17. The first-order valence-electron chi connectivity index (χ1n) is 12.4. The number of rotatable bonds is 8. The van der Waals surface area contributed by atoms with Crippen molar-refractivity contribution in [2.75, 3.05) is 6.61 Å². The van der Waals surface area contributed by atoms with Gasteiger partial charge in [0.1, 0.15) is 11.9 Å². The number of hydrogen-bond donors (Lipinski definition) is 0. The van der Waals surface area contributed by atoms with Gasteiger partial charge in [-0.3, -0.25) is 0 Å². The van der Waals surface area contributed by atoms with Crippen LogP contribution in [0.25, 0.3) is 17.2 Å². The minimum Gasteiger partial charge on any atom is -0.371 e. The van der Waals surface area contributed by atoms with E-state index in [4.69, 9.17) is 4.74 Å². The lowest BCUT2D eigenvalue weighted by atomic mass is 9.76. The fraction of sp³-hybridized carbons (Fsp3) is 0.400. The molecule has 0 amide bonds. The molecule has 0 bridgehead atoms. The Morgan fingerprint density at radius 3 is 2.35 bits per heavy atom. The zero-order chi connectivity index (χ0) is 24.1. The molecular formula is C30H33F3O. The van der Waals surface area contributed by atoms with Crippen LogP contribution in [0.5, 0.6) is 0 Å². The number of allylic oxidation sites excluding steroid dienone is 2. The summed E-state index contributed by atoms with van der Waals surface area (Å²) in [7, 11) is 0. The van der Waals surface area contributed by atoms with E-state index in [1.165, 1.54) is 0 Å². The maximum atomic E-state index is 15.0. The normalized spacial score (nSPS) is 22.8. The van der Waals surface area contributed by atoms with Crippen LogP contribution in [-0.4, -0.2) is 12.7 Å². The van der Waals surface area contributed by atoms with Gasteiger partial charge in [0.25, 0.3) is 0 Å². The van der Waals surface area contributed by atoms with Crippen LogP contribution in [0, 0.1) is 17.6 Å². The van der Waals surface area contributed by atoms with Gasteiger partial charge in [-0.2, -0.15) is 0 Å². The Kier molecular flexibility index (Phi) is 8.10. The van der Waals surface area contributed by atoms with E-state index in [-0.39, 0.29) is 17.3 Å². The molecule has 0 saturated heterocycles. The van der Waals surface area contributed by atoms with Crippen molar-refractivity contribution in [2.24, 2.45) is 5.92 Å². The van der Waals surface area contributed by atoms with E-state index in [1.807, 2.05) is 19.1 Å². The predicted octanol–water partition coefficient (Wildman–Crippen LogP) is 8.92. The van der Waals surface area contributed by atoms with Gasteiger partial charge in [-0.05, 0) is 92.0 Å². The SMILES string of the molecule is C=Cc1ccc(-c2ccc(C3CCC(CCC4=CCC(OCC)C(F)=C4)CC3)c(F)c2F)cc1. The molecule has 0 aliphatic heterocycles. The Bertz CT molecular complexity index is 1060. The minimum absolute atomic E-state index is 0.0427. The molecule has 1 saturated carbocycles. The summed E-state index contributed by atoms with van der Waals surface area (Å²) >= 11 is 0. The van der Waals surface area contributed by atoms with Gasteiger partial charge in [0, 0.05) is 12.2 Å². The zero-order valence-corrected chi connectivity index (χ0v) is 19.8. The van der Waals surface area contributed by atoms with Crippen LogP contribution in [-0.2, 0) is 4.74 Å². The first-order chi connectivity index (χ1) is 16.5. The van der Waals surface area contributed by atoms with Crippen LogP contribution in [0.1, 0.15) is 68.9 Å². The van der Waals surface area contributed by atoms with E-state index in [9.17, 15) is 8.78 Å². The quantitative estimate of drug-likeness (QED) is 0.377. The number of halogens is 3. The van der Waals surface area contributed by atoms with Crippen molar-refractivity contribution in [3.05, 3.63) is 89.3 Å². The van der Waals surface area contributed by atoms with E-state index in [0.29, 0.717) is 30.1 Å². The van der Waals surface area contributed by atoms with Crippen molar-refractivity contribution in [2.45, 2.75) is 63.9 Å². The second kappa shape index (κ2) is 11.2. The maximum Gasteiger partial charge on any atom is 0.166 e. The summed E-state index contributed by atoms with van der Waals surface area (Å²) in [6.45, 7) is 6.10. The Balaban J connectivity index is 1.33. The van der Waals surface area contributed by atoms with Gasteiger partial charge in [-0.1, -0.05) is 55.1 Å². The second-order valence-corrected chi connectivity index (χ2v) is 9.40. The smallest absolute Gasteiger partial charge is 0.166 e. The number of ether oxygens (including phenoxy) is 1. The van der Waals surface area contributed by atoms with Gasteiger partial charge in [0.15, 0.2) is 11.6 Å². The highest BCUT2D eigenvalue weighted by Crippen LogP contribution is 2.40. The second-order valence-electron chi connectivity index (χ2n) is 9.40. The minimum atomic E-state index is -0.769. The van der Waals surface area contributed by atoms with Crippen molar-refractivity contribution in [3.8, 4) is 11.1 Å². The first kappa shape index (κ1) is 24.5. The van der Waals surface area contributed by atoms with Crippen molar-refractivity contribution in [1.29, 1.82) is 0 Å². The molecular weight excluding hydrogens is 433 g/mol. The Hall–Kier alpha value is -2.59. The molecule has 0 spiro atoms. The largest absolute Gasteiger partial charge is 0.371 e. The lowest BCUT2D eigenvalue weighted by molar-refractivity contribution is 0.0731. The highest BCUT2D eigenvalue weighted by atomic mass is 19.2. The molecule has 1 unspecified atom stereocenters. The lowest BCUT2D eigenvalue weighted by Gasteiger charge is -2.29. The molecule has 2 aliphatic rings. The Morgan fingerprint density at radius 1 is 0.971 bits per heavy atom. The highest BCUT2D eigenvalue weighted by molar-refractivity contribution is 5.66. The molecule has 4 rings (SSSR count). The van der Waals surface area contributed by atoms with Gasteiger partial charge in [-0.15, -0.1) is 0 Å². The predicted molar refractivity (Wildman–Crippen MR) is 133 cm³/mol. The molecule has 1 atom stereocenters. The van der Waals surface area contributed by atoms with Crippen LogP contribution in [0.2, 0.25) is 0 Å². The molecule has 0 N–H and O–H groups in total. The van der Waals surface area contributed by atoms with Crippen LogP contribution in [0.15, 0.2) is 66.5 Å². The molecule has 180 valence electrons. The number of benzene rings is 2. The van der Waals surface area contributed by atoms with Gasteiger partial charge in [0.2, 0.25) is 0 Å². The summed E-state index contributed by atoms with van der Waals surface area (Å²) < 4.78 is 49.5.